The number of ether oxygens (including phenoxy) is 1. The van der Waals surface area contributed by atoms with Gasteiger partial charge in [0.2, 0.25) is 5.88 Å². The van der Waals surface area contributed by atoms with Crippen LogP contribution in [0.3, 0.4) is 0 Å². The van der Waals surface area contributed by atoms with Gasteiger partial charge in [-0.1, -0.05) is 28.1 Å². The van der Waals surface area contributed by atoms with Crippen molar-refractivity contribution < 1.29 is 4.74 Å². The molecule has 0 aliphatic rings. The van der Waals surface area contributed by atoms with E-state index in [9.17, 15) is 0 Å². The maximum absolute atomic E-state index is 5.67. The molecule has 0 unspecified atom stereocenters. The number of nitrogens with zero attached hydrogens (tertiary/aromatic N) is 2. The summed E-state index contributed by atoms with van der Waals surface area (Å²) in [6.07, 6.45) is 3.20. The molecule has 0 amide bonds. The summed E-state index contributed by atoms with van der Waals surface area (Å²) in [6.45, 7) is 0.466. The van der Waals surface area contributed by atoms with Crippen molar-refractivity contribution in [3.63, 3.8) is 0 Å². The van der Waals surface area contributed by atoms with Gasteiger partial charge in [-0.15, -0.1) is 11.6 Å². The van der Waals surface area contributed by atoms with Crippen molar-refractivity contribution in [2.24, 2.45) is 0 Å². The predicted molar refractivity (Wildman–Crippen MR) is 70.1 cm³/mol. The van der Waals surface area contributed by atoms with E-state index in [1.165, 1.54) is 0 Å². The fraction of sp³-hybridized carbons (Fsp3) is 0.167. The Balaban J connectivity index is 1.99. The Bertz CT molecular complexity index is 490. The van der Waals surface area contributed by atoms with Crippen LogP contribution >= 0.6 is 27.5 Å². The molecule has 0 saturated heterocycles. The summed E-state index contributed by atoms with van der Waals surface area (Å²) in [7, 11) is 0. The number of alkyl halides is 1. The van der Waals surface area contributed by atoms with E-state index < -0.39 is 0 Å². The van der Waals surface area contributed by atoms with Crippen LogP contribution in [-0.2, 0) is 12.5 Å². The molecule has 1 heterocycles. The van der Waals surface area contributed by atoms with Crippen molar-refractivity contribution in [3.05, 3.63) is 52.4 Å². The number of aromatic nitrogens is 2. The first-order chi connectivity index (χ1) is 8.28. The highest BCUT2D eigenvalue weighted by Gasteiger charge is 2.00. The Morgan fingerprint density at radius 1 is 1.18 bits per heavy atom. The van der Waals surface area contributed by atoms with Crippen molar-refractivity contribution in [2.45, 2.75) is 12.5 Å². The molecule has 2 rings (SSSR count). The van der Waals surface area contributed by atoms with Crippen LogP contribution in [0.25, 0.3) is 0 Å². The van der Waals surface area contributed by atoms with Crippen LogP contribution in [0, 0.1) is 0 Å². The third kappa shape index (κ3) is 3.68. The molecule has 0 aliphatic carbocycles. The Hall–Kier alpha value is -1.13. The lowest BCUT2D eigenvalue weighted by Gasteiger charge is -2.05. The SMILES string of the molecule is ClCc1cncc(OCc2ccc(Br)cc2)n1. The van der Waals surface area contributed by atoms with Crippen LogP contribution in [-0.4, -0.2) is 9.97 Å². The summed E-state index contributed by atoms with van der Waals surface area (Å²) in [5.74, 6) is 0.828. The molecule has 0 atom stereocenters. The number of benzene rings is 1. The molecule has 5 heteroatoms. The average molecular weight is 314 g/mol. The molecule has 88 valence electrons. The summed E-state index contributed by atoms with van der Waals surface area (Å²) >= 11 is 9.05. The molecule has 1 aromatic carbocycles. The Morgan fingerprint density at radius 2 is 1.94 bits per heavy atom. The van der Waals surface area contributed by atoms with Crippen LogP contribution in [0.15, 0.2) is 41.1 Å². The van der Waals surface area contributed by atoms with Gasteiger partial charge in [-0.2, -0.15) is 0 Å². The quantitative estimate of drug-likeness (QED) is 0.810. The fourth-order valence-electron chi connectivity index (χ4n) is 1.26. The second-order valence-electron chi connectivity index (χ2n) is 3.40. The highest BCUT2D eigenvalue weighted by Crippen LogP contribution is 2.13. The highest BCUT2D eigenvalue weighted by atomic mass is 79.9. The molecule has 1 aromatic heterocycles. The van der Waals surface area contributed by atoms with Crippen LogP contribution in [0.2, 0.25) is 0 Å². The smallest absolute Gasteiger partial charge is 0.232 e. The van der Waals surface area contributed by atoms with Gasteiger partial charge in [-0.25, -0.2) is 4.98 Å². The first kappa shape index (κ1) is 12.3. The summed E-state index contributed by atoms with van der Waals surface area (Å²) in [4.78, 5) is 8.20. The molecule has 0 spiro atoms. The largest absolute Gasteiger partial charge is 0.472 e. The molecule has 0 radical (unpaired) electrons. The van der Waals surface area contributed by atoms with Crippen LogP contribution in [0.1, 0.15) is 11.3 Å². The van der Waals surface area contributed by atoms with E-state index in [0.717, 1.165) is 10.0 Å². The summed E-state index contributed by atoms with van der Waals surface area (Å²) in [6, 6.07) is 7.92. The van der Waals surface area contributed by atoms with E-state index >= 15 is 0 Å². The maximum atomic E-state index is 5.67. The second-order valence-corrected chi connectivity index (χ2v) is 4.58. The standard InChI is InChI=1S/C12H10BrClN2O/c13-10-3-1-9(2-4-10)8-17-12-7-15-6-11(5-14)16-12/h1-4,6-7H,5,8H2. The molecule has 0 fully saturated rings. The van der Waals surface area contributed by atoms with E-state index in [1.807, 2.05) is 24.3 Å². The van der Waals surface area contributed by atoms with Gasteiger partial charge in [-0.3, -0.25) is 4.98 Å². The topological polar surface area (TPSA) is 35.0 Å². The lowest BCUT2D eigenvalue weighted by atomic mass is 10.2. The number of hydrogen-bond acceptors (Lipinski definition) is 3. The third-order valence-corrected chi connectivity index (χ3v) is 2.90. The van der Waals surface area contributed by atoms with E-state index in [-0.39, 0.29) is 0 Å². The monoisotopic (exact) mass is 312 g/mol. The van der Waals surface area contributed by atoms with E-state index in [4.69, 9.17) is 16.3 Å². The Kier molecular flexibility index (Phi) is 4.34. The fourth-order valence-corrected chi connectivity index (χ4v) is 1.65. The zero-order valence-electron chi connectivity index (χ0n) is 8.94. The van der Waals surface area contributed by atoms with Gasteiger partial charge in [0.05, 0.1) is 17.8 Å². The van der Waals surface area contributed by atoms with Gasteiger partial charge in [-0.05, 0) is 17.7 Å². The molecule has 2 aromatic rings. The van der Waals surface area contributed by atoms with E-state index in [0.29, 0.717) is 24.1 Å². The number of rotatable bonds is 4. The van der Waals surface area contributed by atoms with Crippen molar-refractivity contribution in [1.29, 1.82) is 0 Å². The van der Waals surface area contributed by atoms with Gasteiger partial charge in [0.25, 0.3) is 0 Å². The van der Waals surface area contributed by atoms with E-state index in [1.54, 1.807) is 12.4 Å². The van der Waals surface area contributed by atoms with Gasteiger partial charge < -0.3 is 4.74 Å². The molecule has 17 heavy (non-hydrogen) atoms. The lowest BCUT2D eigenvalue weighted by molar-refractivity contribution is 0.291. The van der Waals surface area contributed by atoms with Crippen molar-refractivity contribution in [1.82, 2.24) is 9.97 Å². The molecular formula is C12H10BrClN2O. The number of hydrogen-bond donors (Lipinski definition) is 0. The molecule has 0 saturated carbocycles. The van der Waals surface area contributed by atoms with Crippen LogP contribution in [0.5, 0.6) is 5.88 Å². The van der Waals surface area contributed by atoms with Gasteiger partial charge in [0.1, 0.15) is 6.61 Å². The van der Waals surface area contributed by atoms with E-state index in [2.05, 4.69) is 25.9 Å². The molecular weight excluding hydrogens is 304 g/mol. The Labute approximate surface area is 113 Å². The molecule has 0 aliphatic heterocycles. The van der Waals surface area contributed by atoms with Crippen LogP contribution in [0.4, 0.5) is 0 Å². The number of halogens is 2. The lowest BCUT2D eigenvalue weighted by Crippen LogP contribution is -1.99. The third-order valence-electron chi connectivity index (χ3n) is 2.10. The zero-order chi connectivity index (χ0) is 12.1. The minimum atomic E-state index is 0.336. The molecule has 0 N–H and O–H groups in total. The first-order valence-electron chi connectivity index (χ1n) is 5.02. The second kappa shape index (κ2) is 5.98. The zero-order valence-corrected chi connectivity index (χ0v) is 11.3. The van der Waals surface area contributed by atoms with Gasteiger partial charge in [0, 0.05) is 10.7 Å². The first-order valence-corrected chi connectivity index (χ1v) is 6.35. The predicted octanol–water partition coefficient (Wildman–Crippen LogP) is 3.56. The van der Waals surface area contributed by atoms with Crippen molar-refractivity contribution >= 4 is 27.5 Å². The normalized spacial score (nSPS) is 10.2. The van der Waals surface area contributed by atoms with Crippen molar-refractivity contribution in [3.8, 4) is 5.88 Å². The van der Waals surface area contributed by atoms with Crippen molar-refractivity contribution in [2.75, 3.05) is 0 Å². The van der Waals surface area contributed by atoms with Gasteiger partial charge >= 0.3 is 0 Å². The maximum Gasteiger partial charge on any atom is 0.232 e. The molecule has 0 bridgehead atoms. The average Bonchev–Trinajstić information content (AvgIpc) is 2.38. The highest BCUT2D eigenvalue weighted by molar-refractivity contribution is 9.10. The minimum absolute atomic E-state index is 0.336. The summed E-state index contributed by atoms with van der Waals surface area (Å²) < 4.78 is 6.57. The Morgan fingerprint density at radius 3 is 2.65 bits per heavy atom. The molecule has 3 nitrogen and oxygen atoms in total. The minimum Gasteiger partial charge on any atom is -0.472 e. The van der Waals surface area contributed by atoms with Gasteiger partial charge in [0.15, 0.2) is 0 Å². The summed E-state index contributed by atoms with van der Waals surface area (Å²) in [5.41, 5.74) is 1.78. The summed E-state index contributed by atoms with van der Waals surface area (Å²) in [5, 5.41) is 0. The van der Waals surface area contributed by atoms with Crippen LogP contribution < -0.4 is 4.74 Å².